The van der Waals surface area contributed by atoms with Crippen LogP contribution in [0.15, 0.2) is 85.2 Å². The maximum atomic E-state index is 13.5. The van der Waals surface area contributed by atoms with Gasteiger partial charge in [0.25, 0.3) is 0 Å². The molecular formula is C48H59BrCl2N8O10. The first kappa shape index (κ1) is 55.4. The number of halogens is 3. The zero-order valence-corrected chi connectivity index (χ0v) is 43.1. The number of piperazine rings is 2. The molecule has 2 fully saturated rings. The molecule has 21 heteroatoms. The fourth-order valence-electron chi connectivity index (χ4n) is 6.34. The maximum Gasteiger partial charge on any atom is 0.410 e. The van der Waals surface area contributed by atoms with Gasteiger partial charge in [-0.25, -0.2) is 28.8 Å². The number of benzene rings is 2. The summed E-state index contributed by atoms with van der Waals surface area (Å²) in [6.45, 7) is 14.4. The van der Waals surface area contributed by atoms with Crippen LogP contribution in [0.2, 0.25) is 10.0 Å². The van der Waals surface area contributed by atoms with Gasteiger partial charge in [0.2, 0.25) is 0 Å². The van der Waals surface area contributed by atoms with Crippen LogP contribution in [0.4, 0.5) is 30.6 Å². The van der Waals surface area contributed by atoms with Gasteiger partial charge >= 0.3 is 36.2 Å². The third-order valence-electron chi connectivity index (χ3n) is 9.80. The molecule has 0 aliphatic carbocycles. The lowest BCUT2D eigenvalue weighted by Gasteiger charge is -2.38. The summed E-state index contributed by atoms with van der Waals surface area (Å²) in [5, 5.41) is 4.56. The molecular weight excluding hydrogens is 999 g/mol. The molecule has 18 nitrogen and oxygen atoms in total. The SMILES string of the molecule is CC(C)(C)OC(=O)N1CCN(C(=O)Nc2cccc(Cl)c2)CC1.COC(=O)c1ccc(CBr)nc1.COC(=O)c1ccc(CN(C(=O)N2CCN(C(=O)OC(C)(C)C)CC2)c2cccc(Cl)c2)nc1. The van der Waals surface area contributed by atoms with Crippen molar-refractivity contribution < 1.29 is 47.7 Å². The summed E-state index contributed by atoms with van der Waals surface area (Å²) in [4.78, 5) is 89.2. The third kappa shape index (κ3) is 18.3. The van der Waals surface area contributed by atoms with Crippen molar-refractivity contribution in [2.45, 2.75) is 64.6 Å². The van der Waals surface area contributed by atoms with Crippen LogP contribution >= 0.6 is 39.1 Å². The predicted molar refractivity (Wildman–Crippen MR) is 266 cm³/mol. The van der Waals surface area contributed by atoms with Gasteiger partial charge in [-0.2, -0.15) is 0 Å². The number of nitrogens with one attached hydrogen (secondary N) is 1. The summed E-state index contributed by atoms with van der Waals surface area (Å²) in [7, 11) is 2.65. The second kappa shape index (κ2) is 26.0. The van der Waals surface area contributed by atoms with Crippen LogP contribution in [0.5, 0.6) is 0 Å². The minimum absolute atomic E-state index is 0.174. The number of anilines is 2. The molecule has 2 aromatic carbocycles. The number of pyridine rings is 2. The molecule has 69 heavy (non-hydrogen) atoms. The second-order valence-electron chi connectivity index (χ2n) is 17.4. The van der Waals surface area contributed by atoms with Crippen LogP contribution in [0.25, 0.3) is 0 Å². The number of hydrogen-bond acceptors (Lipinski definition) is 12. The molecule has 6 rings (SSSR count). The fourth-order valence-corrected chi connectivity index (χ4v) is 7.05. The highest BCUT2D eigenvalue weighted by molar-refractivity contribution is 9.08. The topological polar surface area (TPSA) is 193 Å². The Morgan fingerprint density at radius 1 is 0.623 bits per heavy atom. The van der Waals surface area contributed by atoms with E-state index in [1.807, 2.05) is 41.5 Å². The molecule has 2 saturated heterocycles. The van der Waals surface area contributed by atoms with Crippen molar-refractivity contribution in [3.05, 3.63) is 118 Å². The fraction of sp³-hybridized carbons (Fsp3) is 0.417. The first-order chi connectivity index (χ1) is 32.6. The van der Waals surface area contributed by atoms with E-state index in [-0.39, 0.29) is 36.8 Å². The Kier molecular flexibility index (Phi) is 20.9. The number of carbonyl (C=O) groups excluding carboxylic acids is 6. The lowest BCUT2D eigenvalue weighted by atomic mass is 10.2. The number of ether oxygens (including phenoxy) is 4. The molecule has 6 amide bonds. The zero-order chi connectivity index (χ0) is 50.9. The number of carbonyl (C=O) groups is 6. The Labute approximate surface area is 421 Å². The number of urea groups is 2. The Hall–Kier alpha value is -6.18. The predicted octanol–water partition coefficient (Wildman–Crippen LogP) is 9.39. The summed E-state index contributed by atoms with van der Waals surface area (Å²) in [6.07, 6.45) is 2.19. The van der Waals surface area contributed by atoms with E-state index in [1.165, 1.54) is 26.6 Å². The zero-order valence-electron chi connectivity index (χ0n) is 40.0. The van der Waals surface area contributed by atoms with Gasteiger partial charge in [0.15, 0.2) is 0 Å². The van der Waals surface area contributed by atoms with Gasteiger partial charge in [0.05, 0.1) is 43.3 Å². The molecule has 372 valence electrons. The molecule has 2 aliphatic rings. The largest absolute Gasteiger partial charge is 0.465 e. The van der Waals surface area contributed by atoms with E-state index in [0.717, 1.165) is 5.69 Å². The van der Waals surface area contributed by atoms with E-state index < -0.39 is 17.2 Å². The van der Waals surface area contributed by atoms with Crippen LogP contribution in [0, 0.1) is 0 Å². The third-order valence-corrected chi connectivity index (χ3v) is 10.8. The lowest BCUT2D eigenvalue weighted by Crippen LogP contribution is -2.54. The highest BCUT2D eigenvalue weighted by Crippen LogP contribution is 2.24. The van der Waals surface area contributed by atoms with Gasteiger partial charge in [0.1, 0.15) is 11.2 Å². The molecule has 4 heterocycles. The van der Waals surface area contributed by atoms with E-state index in [1.54, 1.807) is 97.3 Å². The van der Waals surface area contributed by atoms with Crippen molar-refractivity contribution in [1.82, 2.24) is 29.6 Å². The Balaban J connectivity index is 0.000000254. The number of amides is 6. The number of aromatic nitrogens is 2. The van der Waals surface area contributed by atoms with Crippen molar-refractivity contribution in [3.8, 4) is 0 Å². The van der Waals surface area contributed by atoms with Crippen molar-refractivity contribution in [2.24, 2.45) is 0 Å². The van der Waals surface area contributed by atoms with Crippen LogP contribution in [-0.4, -0.2) is 144 Å². The van der Waals surface area contributed by atoms with Crippen LogP contribution < -0.4 is 10.2 Å². The molecule has 0 atom stereocenters. The summed E-state index contributed by atoms with van der Waals surface area (Å²) < 4.78 is 20.0. The number of alkyl halides is 1. The molecule has 0 unspecified atom stereocenters. The molecule has 1 N–H and O–H groups in total. The van der Waals surface area contributed by atoms with E-state index in [0.29, 0.717) is 95.9 Å². The number of methoxy groups -OCH3 is 2. The Morgan fingerprint density at radius 3 is 1.49 bits per heavy atom. The van der Waals surface area contributed by atoms with Crippen LogP contribution in [-0.2, 0) is 30.8 Å². The number of esters is 2. The summed E-state index contributed by atoms with van der Waals surface area (Å²) in [5.41, 5.74) is 2.45. The highest BCUT2D eigenvalue weighted by Gasteiger charge is 2.31. The van der Waals surface area contributed by atoms with Crippen molar-refractivity contribution >= 4 is 86.7 Å². The van der Waals surface area contributed by atoms with Crippen molar-refractivity contribution in [3.63, 3.8) is 0 Å². The Morgan fingerprint density at radius 2 is 1.07 bits per heavy atom. The van der Waals surface area contributed by atoms with Gasteiger partial charge in [-0.05, 0) is 102 Å². The molecule has 0 saturated carbocycles. The summed E-state index contributed by atoms with van der Waals surface area (Å²) >= 11 is 15.3. The maximum absolute atomic E-state index is 13.5. The Bertz CT molecular complexity index is 2370. The van der Waals surface area contributed by atoms with Gasteiger partial charge in [-0.3, -0.25) is 14.9 Å². The smallest absolute Gasteiger partial charge is 0.410 e. The van der Waals surface area contributed by atoms with E-state index >= 15 is 0 Å². The molecule has 0 bridgehead atoms. The average Bonchev–Trinajstić information content (AvgIpc) is 3.32. The minimum Gasteiger partial charge on any atom is -0.465 e. The summed E-state index contributed by atoms with van der Waals surface area (Å²) in [6, 6.07) is 20.3. The number of nitrogens with zero attached hydrogens (tertiary/aromatic N) is 7. The summed E-state index contributed by atoms with van der Waals surface area (Å²) in [5.74, 6) is -0.840. The minimum atomic E-state index is -0.580. The molecule has 0 radical (unpaired) electrons. The van der Waals surface area contributed by atoms with Gasteiger partial charge < -0.3 is 43.9 Å². The molecule has 2 aromatic heterocycles. The monoisotopic (exact) mass is 1060 g/mol. The first-order valence-electron chi connectivity index (χ1n) is 21.8. The lowest BCUT2D eigenvalue weighted by molar-refractivity contribution is 0.0165. The average molecular weight is 1060 g/mol. The van der Waals surface area contributed by atoms with Crippen LogP contribution in [0.1, 0.15) is 73.6 Å². The van der Waals surface area contributed by atoms with Crippen molar-refractivity contribution in [2.75, 3.05) is 76.8 Å². The van der Waals surface area contributed by atoms with Crippen molar-refractivity contribution in [1.29, 1.82) is 0 Å². The molecule has 0 spiro atoms. The van der Waals surface area contributed by atoms with E-state index in [9.17, 15) is 28.8 Å². The van der Waals surface area contributed by atoms with Gasteiger partial charge in [-0.1, -0.05) is 51.3 Å². The van der Waals surface area contributed by atoms with Gasteiger partial charge in [0, 0.05) is 91.5 Å². The second-order valence-corrected chi connectivity index (χ2v) is 18.8. The first-order valence-corrected chi connectivity index (χ1v) is 23.7. The quantitative estimate of drug-likeness (QED) is 0.105. The van der Waals surface area contributed by atoms with Gasteiger partial charge in [-0.15, -0.1) is 0 Å². The number of hydrogen-bond donors (Lipinski definition) is 1. The normalized spacial score (nSPS) is 13.6. The van der Waals surface area contributed by atoms with E-state index in [4.69, 9.17) is 37.4 Å². The van der Waals surface area contributed by atoms with E-state index in [2.05, 4.69) is 36.0 Å². The molecule has 2 aliphatic heterocycles. The number of rotatable bonds is 7. The highest BCUT2D eigenvalue weighted by atomic mass is 79.9. The van der Waals surface area contributed by atoms with Crippen LogP contribution in [0.3, 0.4) is 0 Å². The molecule has 4 aromatic rings. The standard InChI is InChI=1S/C24H29ClN4O5.C16H22ClN3O3.C8H8BrNO2/c1-24(2,3)34-23(32)28-12-10-27(11-13-28)22(31)29(20-7-5-6-18(25)14-20)16-19-9-8-17(15-26-19)21(30)33-4;1-16(2,3)23-15(22)20-9-7-19(8-10-20)14(21)18-13-6-4-5-12(17)11-13;1-12-8(11)6-2-3-7(4-9)10-5-6/h5-9,14-15H,10-13,16H2,1-4H3;4-6,11H,7-10H2,1-3H3,(H,18,21);2-3,5H,4H2,1H3.